The Morgan fingerprint density at radius 1 is 1.11 bits per heavy atom. The molecule has 0 bridgehead atoms. The third-order valence-corrected chi connectivity index (χ3v) is 2.78. The number of rotatable bonds is 2. The number of hydrogen-bond acceptors (Lipinski definition) is 3. The van der Waals surface area contributed by atoms with Crippen molar-refractivity contribution < 1.29 is 9.59 Å². The first kappa shape index (κ1) is 12.2. The molecule has 0 aliphatic heterocycles. The quantitative estimate of drug-likeness (QED) is 0.760. The van der Waals surface area contributed by atoms with Gasteiger partial charge < -0.3 is 0 Å². The number of hydrogen-bond donors (Lipinski definition) is 0. The van der Waals surface area contributed by atoms with Crippen LogP contribution in [0.2, 0.25) is 0 Å². The van der Waals surface area contributed by atoms with Crippen molar-refractivity contribution in [2.75, 3.05) is 0 Å². The Hall–Kier alpha value is -2.23. The first-order valence-corrected chi connectivity index (χ1v) is 5.67. The van der Waals surface area contributed by atoms with Crippen LogP contribution < -0.4 is 0 Å². The minimum atomic E-state index is -0.231. The van der Waals surface area contributed by atoms with Gasteiger partial charge in [-0.3, -0.25) is 9.59 Å². The van der Waals surface area contributed by atoms with Crippen molar-refractivity contribution in [3.05, 3.63) is 52.8 Å². The van der Waals surface area contributed by atoms with Crippen LogP contribution in [0.1, 0.15) is 38.9 Å². The third-order valence-electron chi connectivity index (χ3n) is 2.78. The summed E-state index contributed by atoms with van der Waals surface area (Å²) in [4.78, 5) is 23.5. The number of carbonyl (C=O) groups is 2. The second-order valence-electron chi connectivity index (χ2n) is 4.30. The smallest absolute Gasteiger partial charge is 0.278 e. The fourth-order valence-electron chi connectivity index (χ4n) is 1.74. The van der Waals surface area contributed by atoms with Crippen LogP contribution in [0.5, 0.6) is 0 Å². The van der Waals surface area contributed by atoms with E-state index in [4.69, 9.17) is 0 Å². The van der Waals surface area contributed by atoms with Crippen molar-refractivity contribution >= 4 is 11.7 Å². The lowest BCUT2D eigenvalue weighted by molar-refractivity contribution is 0.0944. The van der Waals surface area contributed by atoms with E-state index >= 15 is 0 Å². The summed E-state index contributed by atoms with van der Waals surface area (Å²) in [5.74, 6) is -0.318. The summed E-state index contributed by atoms with van der Waals surface area (Å²) in [6.45, 7) is 5.14. The molecular formula is C14H14N2O2. The predicted octanol–water partition coefficient (Wildman–Crippen LogP) is 2.39. The van der Waals surface area contributed by atoms with Crippen molar-refractivity contribution in [1.82, 2.24) is 9.78 Å². The molecule has 1 aromatic heterocycles. The zero-order valence-electron chi connectivity index (χ0n) is 10.6. The molecular weight excluding hydrogens is 228 g/mol. The van der Waals surface area contributed by atoms with Crippen molar-refractivity contribution in [2.45, 2.75) is 20.8 Å². The standard InChI is InChI=1S/C14H14N2O2/c1-9-4-6-12(7-5-9)14(18)16-8-13(11(3)17)10(2)15-16/h4-8H,1-3H3. The summed E-state index contributed by atoms with van der Waals surface area (Å²) >= 11 is 0. The molecule has 4 nitrogen and oxygen atoms in total. The molecule has 0 saturated heterocycles. The lowest BCUT2D eigenvalue weighted by Gasteiger charge is -2.00. The molecule has 4 heteroatoms. The summed E-state index contributed by atoms with van der Waals surface area (Å²) in [5.41, 5.74) is 2.70. The van der Waals surface area contributed by atoms with Gasteiger partial charge in [-0.25, -0.2) is 4.68 Å². The molecule has 0 unspecified atom stereocenters. The number of carbonyl (C=O) groups excluding carboxylic acids is 2. The third kappa shape index (κ3) is 2.22. The van der Waals surface area contributed by atoms with E-state index in [0.717, 1.165) is 5.56 Å². The molecule has 0 N–H and O–H groups in total. The van der Waals surface area contributed by atoms with Crippen molar-refractivity contribution in [1.29, 1.82) is 0 Å². The Bertz CT molecular complexity index is 609. The van der Waals surface area contributed by atoms with Gasteiger partial charge in [0.05, 0.1) is 11.3 Å². The van der Waals surface area contributed by atoms with Gasteiger partial charge in [0.2, 0.25) is 0 Å². The molecule has 0 saturated carbocycles. The number of nitrogens with zero attached hydrogens (tertiary/aromatic N) is 2. The maximum Gasteiger partial charge on any atom is 0.278 e. The van der Waals surface area contributed by atoms with Gasteiger partial charge in [0.1, 0.15) is 0 Å². The predicted molar refractivity (Wildman–Crippen MR) is 67.9 cm³/mol. The van der Waals surface area contributed by atoms with Crippen LogP contribution >= 0.6 is 0 Å². The zero-order chi connectivity index (χ0) is 13.3. The Kier molecular flexibility index (Phi) is 3.10. The lowest BCUT2D eigenvalue weighted by Crippen LogP contribution is -2.12. The molecule has 92 valence electrons. The first-order chi connectivity index (χ1) is 8.49. The van der Waals surface area contributed by atoms with Crippen LogP contribution in [0.4, 0.5) is 0 Å². The van der Waals surface area contributed by atoms with E-state index in [9.17, 15) is 9.59 Å². The monoisotopic (exact) mass is 242 g/mol. The van der Waals surface area contributed by atoms with Gasteiger partial charge in [0, 0.05) is 11.8 Å². The zero-order valence-corrected chi connectivity index (χ0v) is 10.6. The maximum absolute atomic E-state index is 12.1. The van der Waals surface area contributed by atoms with Gasteiger partial charge in [0.15, 0.2) is 5.78 Å². The van der Waals surface area contributed by atoms with Crippen molar-refractivity contribution in [2.24, 2.45) is 0 Å². The molecule has 0 amide bonds. The molecule has 1 heterocycles. The number of benzene rings is 1. The highest BCUT2D eigenvalue weighted by Crippen LogP contribution is 2.10. The SMILES string of the molecule is CC(=O)c1cn(C(=O)c2ccc(C)cc2)nc1C. The summed E-state index contributed by atoms with van der Waals surface area (Å²) in [5, 5.41) is 4.08. The normalized spacial score (nSPS) is 10.4. The van der Waals surface area contributed by atoms with E-state index in [-0.39, 0.29) is 11.7 Å². The van der Waals surface area contributed by atoms with Crippen LogP contribution in [0.15, 0.2) is 30.5 Å². The van der Waals surface area contributed by atoms with Crippen LogP contribution in [-0.4, -0.2) is 21.5 Å². The second-order valence-corrected chi connectivity index (χ2v) is 4.30. The highest BCUT2D eigenvalue weighted by Gasteiger charge is 2.14. The topological polar surface area (TPSA) is 52.0 Å². The first-order valence-electron chi connectivity index (χ1n) is 5.67. The van der Waals surface area contributed by atoms with Crippen LogP contribution in [0.3, 0.4) is 0 Å². The molecule has 2 rings (SSSR count). The lowest BCUT2D eigenvalue weighted by atomic mass is 10.1. The van der Waals surface area contributed by atoms with Gasteiger partial charge in [-0.05, 0) is 32.9 Å². The molecule has 0 atom stereocenters. The largest absolute Gasteiger partial charge is 0.294 e. The van der Waals surface area contributed by atoms with Gasteiger partial charge in [0.25, 0.3) is 5.91 Å². The van der Waals surface area contributed by atoms with E-state index in [1.165, 1.54) is 17.8 Å². The summed E-state index contributed by atoms with van der Waals surface area (Å²) in [6, 6.07) is 7.25. The van der Waals surface area contributed by atoms with Crippen molar-refractivity contribution in [3.8, 4) is 0 Å². The van der Waals surface area contributed by atoms with E-state index in [2.05, 4.69) is 5.10 Å². The average molecular weight is 242 g/mol. The Morgan fingerprint density at radius 2 is 1.72 bits per heavy atom. The van der Waals surface area contributed by atoms with E-state index in [1.54, 1.807) is 19.1 Å². The summed E-state index contributed by atoms with van der Waals surface area (Å²) in [7, 11) is 0. The van der Waals surface area contributed by atoms with Gasteiger partial charge in [-0.1, -0.05) is 17.7 Å². The highest BCUT2D eigenvalue weighted by molar-refractivity contribution is 5.98. The van der Waals surface area contributed by atoms with Crippen molar-refractivity contribution in [3.63, 3.8) is 0 Å². The number of Topliss-reactive ketones (excluding diaryl/α,β-unsaturated/α-hetero) is 1. The van der Waals surface area contributed by atoms with Gasteiger partial charge >= 0.3 is 0 Å². The molecule has 0 spiro atoms. The van der Waals surface area contributed by atoms with E-state index in [0.29, 0.717) is 16.8 Å². The van der Waals surface area contributed by atoms with Gasteiger partial charge in [-0.2, -0.15) is 5.10 Å². The molecule has 18 heavy (non-hydrogen) atoms. The van der Waals surface area contributed by atoms with Crippen LogP contribution in [0, 0.1) is 13.8 Å². The highest BCUT2D eigenvalue weighted by atomic mass is 16.2. The number of ketones is 1. The second kappa shape index (κ2) is 4.56. The summed E-state index contributed by atoms with van der Waals surface area (Å²) in [6.07, 6.45) is 1.49. The molecule has 0 aliphatic carbocycles. The van der Waals surface area contributed by atoms with E-state index in [1.807, 2.05) is 19.1 Å². The van der Waals surface area contributed by atoms with E-state index < -0.39 is 0 Å². The molecule has 1 aromatic carbocycles. The molecule has 0 fully saturated rings. The number of aromatic nitrogens is 2. The maximum atomic E-state index is 12.1. The Balaban J connectivity index is 2.37. The van der Waals surface area contributed by atoms with Crippen LogP contribution in [-0.2, 0) is 0 Å². The molecule has 2 aromatic rings. The fourth-order valence-corrected chi connectivity index (χ4v) is 1.74. The summed E-state index contributed by atoms with van der Waals surface area (Å²) < 4.78 is 1.22. The number of aryl methyl sites for hydroxylation is 2. The minimum absolute atomic E-state index is 0.0875. The molecule has 0 radical (unpaired) electrons. The molecule has 0 aliphatic rings. The Labute approximate surface area is 105 Å². The van der Waals surface area contributed by atoms with Gasteiger partial charge in [-0.15, -0.1) is 0 Å². The minimum Gasteiger partial charge on any atom is -0.294 e. The fraction of sp³-hybridized carbons (Fsp3) is 0.214. The average Bonchev–Trinajstić information content (AvgIpc) is 2.71. The van der Waals surface area contributed by atoms with Crippen LogP contribution in [0.25, 0.3) is 0 Å². The Morgan fingerprint density at radius 3 is 2.22 bits per heavy atom.